The van der Waals surface area contributed by atoms with Crippen LogP contribution in [0.25, 0.3) is 0 Å². The Bertz CT molecular complexity index is 272. The molecular formula is C10H18O6. The number of carbonyl (C=O) groups is 1. The first kappa shape index (κ1) is 13.4. The van der Waals surface area contributed by atoms with Crippen molar-refractivity contribution >= 4 is 5.97 Å². The zero-order valence-corrected chi connectivity index (χ0v) is 9.49. The van der Waals surface area contributed by atoms with Gasteiger partial charge in [-0.05, 0) is 12.8 Å². The second-order valence-electron chi connectivity index (χ2n) is 4.72. The fraction of sp³-hybridized carbons (Fsp3) is 0.900. The van der Waals surface area contributed by atoms with Crippen molar-refractivity contribution in [3.63, 3.8) is 0 Å². The highest BCUT2D eigenvalue weighted by Crippen LogP contribution is 2.32. The van der Waals surface area contributed by atoms with E-state index in [-0.39, 0.29) is 5.92 Å². The fourth-order valence-corrected chi connectivity index (χ4v) is 1.92. The highest BCUT2D eigenvalue weighted by molar-refractivity contribution is 5.74. The van der Waals surface area contributed by atoms with Crippen molar-refractivity contribution in [2.24, 2.45) is 5.92 Å². The number of carboxylic acids is 1. The minimum Gasteiger partial charge on any atom is -0.479 e. The normalized spacial score (nSPS) is 44.7. The minimum absolute atomic E-state index is 0.164. The van der Waals surface area contributed by atoms with Crippen LogP contribution in [0.1, 0.15) is 20.8 Å². The molecule has 1 aliphatic heterocycles. The molecule has 1 aliphatic rings. The summed E-state index contributed by atoms with van der Waals surface area (Å²) >= 11 is 0. The van der Waals surface area contributed by atoms with Gasteiger partial charge in [-0.1, -0.05) is 13.8 Å². The van der Waals surface area contributed by atoms with Gasteiger partial charge >= 0.3 is 5.97 Å². The molecule has 5 atom stereocenters. The van der Waals surface area contributed by atoms with Crippen LogP contribution in [0, 0.1) is 5.92 Å². The zero-order valence-electron chi connectivity index (χ0n) is 9.49. The topological polar surface area (TPSA) is 107 Å². The fourth-order valence-electron chi connectivity index (χ4n) is 1.92. The molecule has 1 heterocycles. The molecule has 0 aromatic carbocycles. The number of hydrogen-bond acceptors (Lipinski definition) is 5. The first-order valence-electron chi connectivity index (χ1n) is 5.16. The minimum atomic E-state index is -2.00. The highest BCUT2D eigenvalue weighted by atomic mass is 16.6. The first-order chi connectivity index (χ1) is 7.19. The summed E-state index contributed by atoms with van der Waals surface area (Å²) in [5, 5.41) is 38.1. The summed E-state index contributed by atoms with van der Waals surface area (Å²) in [7, 11) is 0. The Kier molecular flexibility index (Phi) is 3.59. The van der Waals surface area contributed by atoms with E-state index in [2.05, 4.69) is 0 Å². The Morgan fingerprint density at radius 3 is 2.25 bits per heavy atom. The van der Waals surface area contributed by atoms with Crippen molar-refractivity contribution in [1.29, 1.82) is 0 Å². The maximum Gasteiger partial charge on any atom is 0.335 e. The number of hydrogen-bond donors (Lipinski definition) is 4. The molecular weight excluding hydrogens is 216 g/mol. The zero-order chi connectivity index (χ0) is 12.7. The number of ether oxygens (including phenoxy) is 1. The van der Waals surface area contributed by atoms with Crippen molar-refractivity contribution in [1.82, 2.24) is 0 Å². The summed E-state index contributed by atoms with van der Waals surface area (Å²) in [4.78, 5) is 10.9. The molecule has 0 bridgehead atoms. The Hall–Kier alpha value is -0.690. The van der Waals surface area contributed by atoms with E-state index in [1.54, 1.807) is 13.8 Å². The number of carboxylic acid groups (broad SMARTS) is 1. The SMILES string of the molecule is CC(C)[C@@H]1OC(C(=O)O)C(C)(O)C(O)C1O. The van der Waals surface area contributed by atoms with Crippen molar-refractivity contribution in [2.75, 3.05) is 0 Å². The number of aliphatic hydroxyl groups excluding tert-OH is 2. The third-order valence-corrected chi connectivity index (χ3v) is 2.96. The lowest BCUT2D eigenvalue weighted by Gasteiger charge is -2.46. The summed E-state index contributed by atoms with van der Waals surface area (Å²) in [6.07, 6.45) is -5.20. The van der Waals surface area contributed by atoms with Gasteiger partial charge in [0.25, 0.3) is 0 Å². The van der Waals surface area contributed by atoms with E-state index in [4.69, 9.17) is 9.84 Å². The predicted octanol–water partition coefficient (Wildman–Crippen LogP) is -1.03. The molecule has 1 rings (SSSR count). The van der Waals surface area contributed by atoms with E-state index in [0.29, 0.717) is 0 Å². The third kappa shape index (κ3) is 2.06. The van der Waals surface area contributed by atoms with Crippen molar-refractivity contribution in [3.05, 3.63) is 0 Å². The second kappa shape index (κ2) is 4.29. The molecule has 0 aromatic heterocycles. The molecule has 94 valence electrons. The summed E-state index contributed by atoms with van der Waals surface area (Å²) in [6.45, 7) is 4.61. The van der Waals surface area contributed by atoms with Gasteiger partial charge in [-0.15, -0.1) is 0 Å². The maximum atomic E-state index is 10.9. The molecule has 1 fully saturated rings. The average Bonchev–Trinajstić information content (AvgIpc) is 2.13. The molecule has 0 amide bonds. The quantitative estimate of drug-likeness (QED) is 0.486. The largest absolute Gasteiger partial charge is 0.479 e. The summed E-state index contributed by atoms with van der Waals surface area (Å²) in [6, 6.07) is 0. The van der Waals surface area contributed by atoms with Crippen LogP contribution in [0.3, 0.4) is 0 Å². The van der Waals surface area contributed by atoms with Gasteiger partial charge < -0.3 is 25.2 Å². The van der Waals surface area contributed by atoms with Gasteiger partial charge in [0.05, 0.1) is 6.10 Å². The Morgan fingerprint density at radius 2 is 1.88 bits per heavy atom. The molecule has 0 radical (unpaired) electrons. The van der Waals surface area contributed by atoms with Crippen LogP contribution in [0.2, 0.25) is 0 Å². The second-order valence-corrected chi connectivity index (χ2v) is 4.72. The van der Waals surface area contributed by atoms with Gasteiger partial charge in [0.2, 0.25) is 0 Å². The Balaban J connectivity index is 3.00. The van der Waals surface area contributed by atoms with Crippen LogP contribution in [0.4, 0.5) is 0 Å². The van der Waals surface area contributed by atoms with E-state index in [0.717, 1.165) is 6.92 Å². The maximum absolute atomic E-state index is 10.9. The van der Waals surface area contributed by atoms with Crippen LogP contribution in [-0.2, 0) is 9.53 Å². The smallest absolute Gasteiger partial charge is 0.335 e. The first-order valence-corrected chi connectivity index (χ1v) is 5.16. The van der Waals surface area contributed by atoms with Gasteiger partial charge in [-0.25, -0.2) is 4.79 Å². The van der Waals surface area contributed by atoms with Crippen molar-refractivity contribution in [3.8, 4) is 0 Å². The van der Waals surface area contributed by atoms with Gasteiger partial charge in [-0.3, -0.25) is 0 Å². The lowest BCUT2D eigenvalue weighted by atomic mass is 9.81. The monoisotopic (exact) mass is 234 g/mol. The molecule has 6 nitrogen and oxygen atoms in total. The van der Waals surface area contributed by atoms with E-state index in [1.807, 2.05) is 0 Å². The van der Waals surface area contributed by atoms with Gasteiger partial charge in [-0.2, -0.15) is 0 Å². The highest BCUT2D eigenvalue weighted by Gasteiger charge is 2.55. The van der Waals surface area contributed by atoms with E-state index in [1.165, 1.54) is 0 Å². The van der Waals surface area contributed by atoms with Crippen LogP contribution in [-0.4, -0.2) is 56.4 Å². The lowest BCUT2D eigenvalue weighted by molar-refractivity contribution is -0.269. The van der Waals surface area contributed by atoms with Crippen LogP contribution < -0.4 is 0 Å². The van der Waals surface area contributed by atoms with Crippen LogP contribution in [0.5, 0.6) is 0 Å². The van der Waals surface area contributed by atoms with Gasteiger partial charge in [0.1, 0.15) is 17.8 Å². The summed E-state index contributed by atoms with van der Waals surface area (Å²) in [5.74, 6) is -1.52. The number of aliphatic carboxylic acids is 1. The van der Waals surface area contributed by atoms with Gasteiger partial charge in [0, 0.05) is 0 Å². The number of aliphatic hydroxyl groups is 3. The standard InChI is InChI=1S/C10H18O6/c1-4(2)6-5(11)7(12)10(3,15)8(16-6)9(13)14/h4-8,11-12,15H,1-3H3,(H,13,14)/t5?,6-,7?,8?,10?/m0/s1. The molecule has 4 unspecified atom stereocenters. The molecule has 6 heteroatoms. The average molecular weight is 234 g/mol. The van der Waals surface area contributed by atoms with E-state index in [9.17, 15) is 20.1 Å². The lowest BCUT2D eigenvalue weighted by Crippen LogP contribution is -2.67. The van der Waals surface area contributed by atoms with E-state index >= 15 is 0 Å². The molecule has 4 N–H and O–H groups in total. The molecule has 0 aliphatic carbocycles. The molecule has 16 heavy (non-hydrogen) atoms. The summed E-state index contributed by atoms with van der Waals surface area (Å²) < 4.78 is 5.15. The summed E-state index contributed by atoms with van der Waals surface area (Å²) in [5.41, 5.74) is -2.00. The number of rotatable bonds is 2. The van der Waals surface area contributed by atoms with Crippen LogP contribution in [0.15, 0.2) is 0 Å². The molecule has 0 spiro atoms. The molecule has 0 aromatic rings. The van der Waals surface area contributed by atoms with Crippen LogP contribution >= 0.6 is 0 Å². The Morgan fingerprint density at radius 1 is 1.38 bits per heavy atom. The molecule has 1 saturated heterocycles. The third-order valence-electron chi connectivity index (χ3n) is 2.96. The Labute approximate surface area is 93.5 Å². The van der Waals surface area contributed by atoms with E-state index < -0.39 is 36.0 Å². The predicted molar refractivity (Wildman–Crippen MR) is 53.8 cm³/mol. The molecule has 0 saturated carbocycles. The van der Waals surface area contributed by atoms with Gasteiger partial charge in [0.15, 0.2) is 6.10 Å². The van der Waals surface area contributed by atoms with Crippen molar-refractivity contribution < 1.29 is 30.0 Å². The van der Waals surface area contributed by atoms with Crippen molar-refractivity contribution in [2.45, 2.75) is 50.8 Å².